The maximum absolute atomic E-state index is 13.2. The Morgan fingerprint density at radius 3 is 2.55 bits per heavy atom. The summed E-state index contributed by atoms with van der Waals surface area (Å²) in [6.45, 7) is 4.32. The lowest BCUT2D eigenvalue weighted by atomic mass is 10.1. The van der Waals surface area contributed by atoms with Crippen molar-refractivity contribution in [3.63, 3.8) is 0 Å². The first kappa shape index (κ1) is 20.8. The SMILES string of the molecule is Cc1nn(C)cc1CN(C)Cc1cccc(-c2nc(C(F)(F)F)c(C)c(=O)[nH]2)c1. The summed E-state index contributed by atoms with van der Waals surface area (Å²) in [5.41, 5.74) is 0.978. The number of alkyl halides is 3. The highest BCUT2D eigenvalue weighted by Gasteiger charge is 2.36. The van der Waals surface area contributed by atoms with Gasteiger partial charge in [-0.3, -0.25) is 14.4 Å². The Kier molecular flexibility index (Phi) is 5.61. The fourth-order valence-corrected chi connectivity index (χ4v) is 3.22. The number of aromatic amines is 1. The lowest BCUT2D eigenvalue weighted by Gasteiger charge is -2.17. The maximum Gasteiger partial charge on any atom is 0.433 e. The number of rotatable bonds is 5. The number of halogens is 3. The topological polar surface area (TPSA) is 66.8 Å². The molecule has 0 aliphatic heterocycles. The van der Waals surface area contributed by atoms with Gasteiger partial charge < -0.3 is 4.98 Å². The fraction of sp³-hybridized carbons (Fsp3) is 0.350. The van der Waals surface area contributed by atoms with Gasteiger partial charge in [0.25, 0.3) is 5.56 Å². The summed E-state index contributed by atoms with van der Waals surface area (Å²) in [5, 5.41) is 4.32. The van der Waals surface area contributed by atoms with E-state index < -0.39 is 23.0 Å². The molecular formula is C20H22F3N5O. The third kappa shape index (κ3) is 4.73. The van der Waals surface area contributed by atoms with Crippen LogP contribution in [0.2, 0.25) is 0 Å². The highest BCUT2D eigenvalue weighted by Crippen LogP contribution is 2.30. The average Bonchev–Trinajstić information content (AvgIpc) is 2.93. The summed E-state index contributed by atoms with van der Waals surface area (Å²) in [5.74, 6) is -0.0967. The third-order valence-corrected chi connectivity index (χ3v) is 4.63. The van der Waals surface area contributed by atoms with Crippen molar-refractivity contribution in [2.75, 3.05) is 7.05 Å². The van der Waals surface area contributed by atoms with Gasteiger partial charge in [-0.25, -0.2) is 4.98 Å². The first-order valence-corrected chi connectivity index (χ1v) is 8.99. The van der Waals surface area contributed by atoms with Gasteiger partial charge in [0.05, 0.1) is 5.69 Å². The molecule has 3 aromatic rings. The molecule has 9 heteroatoms. The molecule has 0 saturated carbocycles. The zero-order chi connectivity index (χ0) is 21.3. The van der Waals surface area contributed by atoms with Crippen molar-refractivity contribution in [3.8, 4) is 11.4 Å². The third-order valence-electron chi connectivity index (χ3n) is 4.63. The molecule has 0 unspecified atom stereocenters. The highest BCUT2D eigenvalue weighted by molar-refractivity contribution is 5.56. The molecule has 0 bridgehead atoms. The minimum Gasteiger partial charge on any atom is -0.306 e. The molecule has 0 fully saturated rings. The molecule has 0 aliphatic carbocycles. The van der Waals surface area contributed by atoms with E-state index >= 15 is 0 Å². The Balaban J connectivity index is 1.85. The second-order valence-corrected chi connectivity index (χ2v) is 7.17. The largest absolute Gasteiger partial charge is 0.433 e. The van der Waals surface area contributed by atoms with Crippen LogP contribution in [0.5, 0.6) is 0 Å². The summed E-state index contributed by atoms with van der Waals surface area (Å²) in [6.07, 6.45) is -2.73. The highest BCUT2D eigenvalue weighted by atomic mass is 19.4. The second kappa shape index (κ2) is 7.82. The van der Waals surface area contributed by atoms with Gasteiger partial charge in [-0.05, 0) is 32.5 Å². The van der Waals surface area contributed by atoms with Crippen molar-refractivity contribution >= 4 is 0 Å². The fourth-order valence-electron chi connectivity index (χ4n) is 3.22. The minimum atomic E-state index is -4.69. The number of H-pyrrole nitrogens is 1. The summed E-state index contributed by atoms with van der Waals surface area (Å²) in [6, 6.07) is 6.98. The summed E-state index contributed by atoms with van der Waals surface area (Å²) in [4.78, 5) is 20.2. The van der Waals surface area contributed by atoms with E-state index in [0.717, 1.165) is 23.7 Å². The van der Waals surface area contributed by atoms with Gasteiger partial charge in [-0.1, -0.05) is 18.2 Å². The molecule has 0 saturated heterocycles. The van der Waals surface area contributed by atoms with E-state index in [2.05, 4.69) is 20.0 Å². The molecule has 29 heavy (non-hydrogen) atoms. The van der Waals surface area contributed by atoms with Gasteiger partial charge >= 0.3 is 6.18 Å². The van der Waals surface area contributed by atoms with Gasteiger partial charge in [-0.15, -0.1) is 0 Å². The molecule has 6 nitrogen and oxygen atoms in total. The molecule has 2 heterocycles. The van der Waals surface area contributed by atoms with Gasteiger partial charge in [0.1, 0.15) is 5.82 Å². The number of hydrogen-bond acceptors (Lipinski definition) is 4. The van der Waals surface area contributed by atoms with Crippen LogP contribution in [0.25, 0.3) is 11.4 Å². The predicted molar refractivity (Wildman–Crippen MR) is 103 cm³/mol. The quantitative estimate of drug-likeness (QED) is 0.706. The van der Waals surface area contributed by atoms with Crippen molar-refractivity contribution in [1.82, 2.24) is 24.6 Å². The monoisotopic (exact) mass is 405 g/mol. The standard InChI is InChI=1S/C20H22F3N5O/c1-12-17(20(21,22)23)24-18(25-19(12)29)15-7-5-6-14(8-15)9-27(3)10-16-11-28(4)26-13(16)2/h5-8,11H,9-10H2,1-4H3,(H,24,25,29). The second-order valence-electron chi connectivity index (χ2n) is 7.17. The van der Waals surface area contributed by atoms with Crippen LogP contribution in [-0.4, -0.2) is 31.7 Å². The number of hydrogen-bond donors (Lipinski definition) is 1. The minimum absolute atomic E-state index is 0.0967. The predicted octanol–water partition coefficient (Wildman–Crippen LogP) is 3.44. The van der Waals surface area contributed by atoms with Gasteiger partial charge in [0.15, 0.2) is 5.69 Å². The lowest BCUT2D eigenvalue weighted by molar-refractivity contribution is -0.141. The molecule has 2 aromatic heterocycles. The van der Waals surface area contributed by atoms with Crippen molar-refractivity contribution in [3.05, 3.63) is 68.9 Å². The van der Waals surface area contributed by atoms with Crippen LogP contribution in [0.4, 0.5) is 13.2 Å². The molecular weight excluding hydrogens is 383 g/mol. The number of aromatic nitrogens is 4. The molecule has 0 aliphatic rings. The van der Waals surface area contributed by atoms with Gasteiger partial charge in [0, 0.05) is 43.0 Å². The molecule has 154 valence electrons. The van der Waals surface area contributed by atoms with Crippen LogP contribution in [0, 0.1) is 13.8 Å². The molecule has 1 aromatic carbocycles. The summed E-state index contributed by atoms with van der Waals surface area (Å²) >= 11 is 0. The Labute approximate surface area is 166 Å². The van der Waals surface area contributed by atoms with Crippen molar-refractivity contribution in [1.29, 1.82) is 0 Å². The van der Waals surface area contributed by atoms with E-state index in [1.807, 2.05) is 33.3 Å². The number of nitrogens with zero attached hydrogens (tertiary/aromatic N) is 4. The molecule has 3 rings (SSSR count). The number of nitrogens with one attached hydrogen (secondary N) is 1. The van der Waals surface area contributed by atoms with Crippen LogP contribution in [0.1, 0.15) is 28.1 Å². The smallest absolute Gasteiger partial charge is 0.306 e. The van der Waals surface area contributed by atoms with Crippen molar-refractivity contribution in [2.45, 2.75) is 33.1 Å². The van der Waals surface area contributed by atoms with E-state index in [0.29, 0.717) is 18.7 Å². The molecule has 0 atom stereocenters. The zero-order valence-electron chi connectivity index (χ0n) is 16.6. The van der Waals surface area contributed by atoms with E-state index in [-0.39, 0.29) is 5.82 Å². The van der Waals surface area contributed by atoms with E-state index in [1.54, 1.807) is 22.9 Å². The van der Waals surface area contributed by atoms with Crippen molar-refractivity contribution < 1.29 is 13.2 Å². The number of benzene rings is 1. The Bertz CT molecular complexity index is 1080. The average molecular weight is 405 g/mol. The maximum atomic E-state index is 13.2. The Morgan fingerprint density at radius 2 is 1.93 bits per heavy atom. The Hall–Kier alpha value is -2.94. The van der Waals surface area contributed by atoms with Gasteiger partial charge in [0.2, 0.25) is 0 Å². The first-order chi connectivity index (χ1) is 13.5. The van der Waals surface area contributed by atoms with Crippen LogP contribution in [-0.2, 0) is 26.3 Å². The number of aryl methyl sites for hydroxylation is 2. The molecule has 0 amide bonds. The van der Waals surface area contributed by atoms with Crippen LogP contribution in [0.15, 0.2) is 35.3 Å². The summed E-state index contributed by atoms with van der Waals surface area (Å²) in [7, 11) is 3.82. The summed E-state index contributed by atoms with van der Waals surface area (Å²) < 4.78 is 41.3. The van der Waals surface area contributed by atoms with Gasteiger partial charge in [-0.2, -0.15) is 18.3 Å². The molecule has 1 N–H and O–H groups in total. The van der Waals surface area contributed by atoms with Crippen molar-refractivity contribution in [2.24, 2.45) is 7.05 Å². The van der Waals surface area contributed by atoms with Crippen LogP contribution < -0.4 is 5.56 Å². The van der Waals surface area contributed by atoms with Crippen LogP contribution >= 0.6 is 0 Å². The van der Waals surface area contributed by atoms with Crippen LogP contribution in [0.3, 0.4) is 0 Å². The first-order valence-electron chi connectivity index (χ1n) is 8.99. The molecule has 0 radical (unpaired) electrons. The Morgan fingerprint density at radius 1 is 1.21 bits per heavy atom. The zero-order valence-corrected chi connectivity index (χ0v) is 16.6. The van der Waals surface area contributed by atoms with E-state index in [9.17, 15) is 18.0 Å². The lowest BCUT2D eigenvalue weighted by Crippen LogP contribution is -2.21. The molecule has 0 spiro atoms. The van der Waals surface area contributed by atoms with E-state index in [4.69, 9.17) is 0 Å². The normalized spacial score (nSPS) is 12.0. The van der Waals surface area contributed by atoms with E-state index in [1.165, 1.54) is 0 Å².